The third-order valence-electron chi connectivity index (χ3n) is 4.56. The van der Waals surface area contributed by atoms with Gasteiger partial charge in [0, 0.05) is 38.0 Å². The first kappa shape index (κ1) is 15.2. The minimum Gasteiger partial charge on any atom is -0.372 e. The van der Waals surface area contributed by atoms with Gasteiger partial charge in [-0.2, -0.15) is 10.2 Å². The van der Waals surface area contributed by atoms with Crippen molar-refractivity contribution < 1.29 is 9.53 Å². The molecule has 128 valence electrons. The Hall–Kier alpha value is -2.35. The van der Waals surface area contributed by atoms with Crippen molar-refractivity contribution in [1.82, 2.24) is 19.6 Å². The Morgan fingerprint density at radius 2 is 2.17 bits per heavy atom. The van der Waals surface area contributed by atoms with Crippen LogP contribution in [0.3, 0.4) is 0 Å². The molecule has 2 aromatic heterocycles. The molecule has 0 unspecified atom stereocenters. The SMILES string of the molecule is Cn1nc([C@H]2CCCO2)cc1NC(=O)Nc1cc2n(n1)CCCC2. The van der Waals surface area contributed by atoms with Crippen LogP contribution in [0.1, 0.15) is 43.2 Å². The normalized spacial score (nSPS) is 20.0. The maximum Gasteiger partial charge on any atom is 0.326 e. The predicted molar refractivity (Wildman–Crippen MR) is 88.9 cm³/mol. The largest absolute Gasteiger partial charge is 0.372 e. The molecule has 1 fully saturated rings. The summed E-state index contributed by atoms with van der Waals surface area (Å²) in [5, 5.41) is 14.5. The Kier molecular flexibility index (Phi) is 3.97. The quantitative estimate of drug-likeness (QED) is 0.905. The molecule has 24 heavy (non-hydrogen) atoms. The van der Waals surface area contributed by atoms with E-state index in [1.807, 2.05) is 23.9 Å². The fourth-order valence-corrected chi connectivity index (χ4v) is 3.32. The number of carbonyl (C=O) groups is 1. The van der Waals surface area contributed by atoms with Gasteiger partial charge in [-0.3, -0.25) is 20.0 Å². The highest BCUT2D eigenvalue weighted by atomic mass is 16.5. The number of aryl methyl sites for hydroxylation is 3. The van der Waals surface area contributed by atoms with Crippen molar-refractivity contribution in [2.24, 2.45) is 7.05 Å². The van der Waals surface area contributed by atoms with Gasteiger partial charge < -0.3 is 4.74 Å². The van der Waals surface area contributed by atoms with Crippen LogP contribution in [0, 0.1) is 0 Å². The molecule has 2 aliphatic rings. The molecule has 2 aromatic rings. The number of aromatic nitrogens is 4. The number of carbonyl (C=O) groups excluding carboxylic acids is 1. The Morgan fingerprint density at radius 3 is 2.96 bits per heavy atom. The van der Waals surface area contributed by atoms with Crippen molar-refractivity contribution in [2.45, 2.75) is 44.8 Å². The minimum absolute atomic E-state index is 0.0367. The van der Waals surface area contributed by atoms with E-state index in [1.165, 1.54) is 12.1 Å². The molecule has 2 N–H and O–H groups in total. The summed E-state index contributed by atoms with van der Waals surface area (Å²) in [5.74, 6) is 1.23. The van der Waals surface area contributed by atoms with Gasteiger partial charge in [0.2, 0.25) is 0 Å². The van der Waals surface area contributed by atoms with E-state index < -0.39 is 0 Å². The lowest BCUT2D eigenvalue weighted by Crippen LogP contribution is -2.21. The number of hydrogen-bond donors (Lipinski definition) is 2. The molecule has 0 bridgehead atoms. The highest BCUT2D eigenvalue weighted by Crippen LogP contribution is 2.29. The van der Waals surface area contributed by atoms with Gasteiger partial charge in [0.05, 0.1) is 5.69 Å². The van der Waals surface area contributed by atoms with Crippen LogP contribution < -0.4 is 10.6 Å². The van der Waals surface area contributed by atoms with Crippen molar-refractivity contribution in [3.05, 3.63) is 23.5 Å². The molecule has 0 aromatic carbocycles. The summed E-state index contributed by atoms with van der Waals surface area (Å²) in [6.07, 6.45) is 5.40. The van der Waals surface area contributed by atoms with Crippen LogP contribution in [-0.4, -0.2) is 32.2 Å². The van der Waals surface area contributed by atoms with Gasteiger partial charge in [0.1, 0.15) is 11.9 Å². The number of anilines is 2. The number of fused-ring (bicyclic) bond motifs is 1. The fraction of sp³-hybridized carbons (Fsp3) is 0.562. The molecular weight excluding hydrogens is 308 g/mol. The van der Waals surface area contributed by atoms with Gasteiger partial charge in [-0.05, 0) is 32.1 Å². The van der Waals surface area contributed by atoms with E-state index in [9.17, 15) is 4.79 Å². The molecule has 0 spiro atoms. The van der Waals surface area contributed by atoms with Gasteiger partial charge in [0.15, 0.2) is 5.82 Å². The van der Waals surface area contributed by atoms with Gasteiger partial charge in [0.25, 0.3) is 0 Å². The summed E-state index contributed by atoms with van der Waals surface area (Å²) < 4.78 is 9.27. The molecule has 4 rings (SSSR count). The van der Waals surface area contributed by atoms with E-state index in [0.717, 1.165) is 44.5 Å². The monoisotopic (exact) mass is 330 g/mol. The summed E-state index contributed by atoms with van der Waals surface area (Å²) in [6.45, 7) is 1.70. The van der Waals surface area contributed by atoms with Gasteiger partial charge in [-0.1, -0.05) is 0 Å². The number of nitrogens with zero attached hydrogens (tertiary/aromatic N) is 4. The third-order valence-corrected chi connectivity index (χ3v) is 4.56. The zero-order valence-corrected chi connectivity index (χ0v) is 13.8. The Bertz CT molecular complexity index is 720. The number of ether oxygens (including phenoxy) is 1. The van der Waals surface area contributed by atoms with Crippen molar-refractivity contribution in [3.63, 3.8) is 0 Å². The highest BCUT2D eigenvalue weighted by molar-refractivity contribution is 5.98. The number of nitrogens with one attached hydrogen (secondary N) is 2. The molecule has 2 amide bonds. The van der Waals surface area contributed by atoms with Gasteiger partial charge in [-0.15, -0.1) is 0 Å². The number of amides is 2. The third kappa shape index (κ3) is 3.01. The number of hydrogen-bond acceptors (Lipinski definition) is 4. The van der Waals surface area contributed by atoms with E-state index in [1.54, 1.807) is 4.68 Å². The molecule has 4 heterocycles. The standard InChI is InChI=1S/C16H22N6O2/c1-21-15(10-12(19-21)13-6-4-8-24-13)18-16(23)17-14-9-11-5-2-3-7-22(11)20-14/h9-10,13H,2-8H2,1H3,(H2,17,18,20,23)/t13-/m1/s1. The molecule has 0 aliphatic carbocycles. The molecule has 1 saturated heterocycles. The van der Waals surface area contributed by atoms with Crippen LogP contribution in [0.25, 0.3) is 0 Å². The number of rotatable bonds is 3. The Labute approximate surface area is 140 Å². The zero-order chi connectivity index (χ0) is 16.5. The van der Waals surface area contributed by atoms with Crippen LogP contribution >= 0.6 is 0 Å². The summed E-state index contributed by atoms with van der Waals surface area (Å²) in [7, 11) is 1.81. The van der Waals surface area contributed by atoms with Gasteiger partial charge >= 0.3 is 6.03 Å². The van der Waals surface area contributed by atoms with Crippen LogP contribution in [0.4, 0.5) is 16.4 Å². The molecule has 0 radical (unpaired) electrons. The zero-order valence-electron chi connectivity index (χ0n) is 13.8. The first-order chi connectivity index (χ1) is 11.7. The van der Waals surface area contributed by atoms with Crippen LogP contribution in [-0.2, 0) is 24.8 Å². The van der Waals surface area contributed by atoms with Crippen LogP contribution in [0.15, 0.2) is 12.1 Å². The average Bonchev–Trinajstić information content (AvgIpc) is 3.27. The lowest BCUT2D eigenvalue weighted by molar-refractivity contribution is 0.108. The van der Waals surface area contributed by atoms with Crippen molar-refractivity contribution >= 4 is 17.7 Å². The lowest BCUT2D eigenvalue weighted by atomic mass is 10.1. The average molecular weight is 330 g/mol. The van der Waals surface area contributed by atoms with Gasteiger partial charge in [-0.25, -0.2) is 4.79 Å². The van der Waals surface area contributed by atoms with Crippen LogP contribution in [0.2, 0.25) is 0 Å². The van der Waals surface area contributed by atoms with Crippen molar-refractivity contribution in [1.29, 1.82) is 0 Å². The lowest BCUT2D eigenvalue weighted by Gasteiger charge is -2.11. The molecular formula is C16H22N6O2. The Morgan fingerprint density at radius 1 is 1.25 bits per heavy atom. The molecule has 2 aliphatic heterocycles. The topological polar surface area (TPSA) is 86.0 Å². The second kappa shape index (κ2) is 6.27. The maximum absolute atomic E-state index is 12.2. The molecule has 8 nitrogen and oxygen atoms in total. The molecule has 0 saturated carbocycles. The van der Waals surface area contributed by atoms with E-state index >= 15 is 0 Å². The highest BCUT2D eigenvalue weighted by Gasteiger charge is 2.22. The van der Waals surface area contributed by atoms with E-state index in [0.29, 0.717) is 11.6 Å². The summed E-state index contributed by atoms with van der Waals surface area (Å²) in [6, 6.07) is 3.50. The number of urea groups is 1. The maximum atomic E-state index is 12.2. The summed E-state index contributed by atoms with van der Waals surface area (Å²) in [4.78, 5) is 12.2. The minimum atomic E-state index is -0.313. The van der Waals surface area contributed by atoms with E-state index in [-0.39, 0.29) is 12.1 Å². The molecule has 8 heteroatoms. The smallest absolute Gasteiger partial charge is 0.326 e. The predicted octanol–water partition coefficient (Wildman–Crippen LogP) is 2.45. The van der Waals surface area contributed by atoms with E-state index in [4.69, 9.17) is 4.74 Å². The van der Waals surface area contributed by atoms with E-state index in [2.05, 4.69) is 20.8 Å². The first-order valence-corrected chi connectivity index (χ1v) is 8.49. The fourth-order valence-electron chi connectivity index (χ4n) is 3.32. The molecule has 1 atom stereocenters. The van der Waals surface area contributed by atoms with Crippen molar-refractivity contribution in [2.75, 3.05) is 17.2 Å². The summed E-state index contributed by atoms with van der Waals surface area (Å²) in [5.41, 5.74) is 2.04. The second-order valence-corrected chi connectivity index (χ2v) is 6.36. The Balaban J connectivity index is 1.41. The first-order valence-electron chi connectivity index (χ1n) is 8.49. The second-order valence-electron chi connectivity index (χ2n) is 6.36. The summed E-state index contributed by atoms with van der Waals surface area (Å²) >= 11 is 0. The van der Waals surface area contributed by atoms with Crippen molar-refractivity contribution in [3.8, 4) is 0 Å². The van der Waals surface area contributed by atoms with Crippen LogP contribution in [0.5, 0.6) is 0 Å².